The minimum Gasteiger partial charge on any atom is -0.211 e. The second kappa shape index (κ2) is 4.39. The van der Waals surface area contributed by atoms with E-state index in [1.165, 1.54) is 12.2 Å². The van der Waals surface area contributed by atoms with Crippen LogP contribution in [-0.4, -0.2) is 12.2 Å². The van der Waals surface area contributed by atoms with E-state index in [1.54, 1.807) is 13.8 Å². The molecular weight excluding hydrogens is 132 g/mol. The summed E-state index contributed by atoms with van der Waals surface area (Å²) in [5.74, 6) is 0. The molecule has 4 heteroatoms. The molecule has 0 saturated carbocycles. The van der Waals surface area contributed by atoms with E-state index in [2.05, 4.69) is 9.98 Å². The van der Waals surface area contributed by atoms with E-state index in [1.807, 2.05) is 0 Å². The number of allylic oxidation sites excluding steroid dienone is 2. The van der Waals surface area contributed by atoms with Crippen LogP contribution in [0.2, 0.25) is 0 Å². The smallest absolute Gasteiger partial charge is 0.211 e. The van der Waals surface area contributed by atoms with Crippen LogP contribution in [0.5, 0.6) is 0 Å². The molecular formula is C6H6N2O2. The van der Waals surface area contributed by atoms with Crippen LogP contribution in [0, 0.1) is 0 Å². The molecule has 0 aromatic rings. The molecule has 0 spiro atoms. The first kappa shape index (κ1) is 8.50. The maximum absolute atomic E-state index is 9.66. The fourth-order valence-electron chi connectivity index (χ4n) is 0.299. The molecule has 0 radical (unpaired) electrons. The van der Waals surface area contributed by atoms with Crippen molar-refractivity contribution in [3.05, 3.63) is 11.4 Å². The lowest BCUT2D eigenvalue weighted by Gasteiger charge is -1.87. The van der Waals surface area contributed by atoms with Gasteiger partial charge in [0.05, 0.1) is 11.4 Å². The van der Waals surface area contributed by atoms with Crippen LogP contribution >= 0.6 is 0 Å². The number of isocyanates is 2. The molecule has 0 aliphatic rings. The van der Waals surface area contributed by atoms with Crippen molar-refractivity contribution in [2.75, 3.05) is 0 Å². The topological polar surface area (TPSA) is 58.9 Å². The SMILES string of the molecule is CC(N=C=O)=C(C)N=C=O. The van der Waals surface area contributed by atoms with Gasteiger partial charge in [0.2, 0.25) is 12.2 Å². The predicted octanol–water partition coefficient (Wildman–Crippen LogP) is 0.909. The van der Waals surface area contributed by atoms with Crippen LogP contribution in [0.15, 0.2) is 21.4 Å². The maximum Gasteiger partial charge on any atom is 0.240 e. The normalized spacial score (nSPS) is 10.6. The Kier molecular flexibility index (Phi) is 3.73. The van der Waals surface area contributed by atoms with Gasteiger partial charge in [-0.05, 0) is 13.8 Å². The van der Waals surface area contributed by atoms with Crippen molar-refractivity contribution in [1.82, 2.24) is 0 Å². The van der Waals surface area contributed by atoms with Gasteiger partial charge in [-0.1, -0.05) is 0 Å². The van der Waals surface area contributed by atoms with Crippen LogP contribution in [0.3, 0.4) is 0 Å². The highest BCUT2D eigenvalue weighted by Crippen LogP contribution is 2.03. The Balaban J connectivity index is 4.65. The average Bonchev–Trinajstić information content (AvgIpc) is 1.89. The third-order valence-corrected chi connectivity index (χ3v) is 0.950. The molecule has 0 fully saturated rings. The lowest BCUT2D eigenvalue weighted by Crippen LogP contribution is -1.75. The van der Waals surface area contributed by atoms with Crippen molar-refractivity contribution in [2.24, 2.45) is 9.98 Å². The molecule has 0 aliphatic heterocycles. The Hall–Kier alpha value is -1.50. The van der Waals surface area contributed by atoms with Crippen LogP contribution < -0.4 is 0 Å². The Morgan fingerprint density at radius 2 is 1.30 bits per heavy atom. The molecule has 0 aliphatic carbocycles. The quantitative estimate of drug-likeness (QED) is 0.420. The van der Waals surface area contributed by atoms with Gasteiger partial charge in [-0.2, -0.15) is 9.98 Å². The second-order valence-electron chi connectivity index (χ2n) is 1.58. The van der Waals surface area contributed by atoms with Crippen LogP contribution in [0.4, 0.5) is 0 Å². The summed E-state index contributed by atoms with van der Waals surface area (Å²) in [6.07, 6.45) is 2.67. The fraction of sp³-hybridized carbons (Fsp3) is 0.333. The summed E-state index contributed by atoms with van der Waals surface area (Å²) in [6.45, 7) is 3.11. The summed E-state index contributed by atoms with van der Waals surface area (Å²) >= 11 is 0. The van der Waals surface area contributed by atoms with E-state index in [4.69, 9.17) is 0 Å². The zero-order valence-corrected chi connectivity index (χ0v) is 5.71. The monoisotopic (exact) mass is 138 g/mol. The molecule has 0 heterocycles. The number of hydrogen-bond donors (Lipinski definition) is 0. The second-order valence-corrected chi connectivity index (χ2v) is 1.58. The summed E-state index contributed by atoms with van der Waals surface area (Å²) in [5.41, 5.74) is 0.747. The summed E-state index contributed by atoms with van der Waals surface area (Å²) in [6, 6.07) is 0. The Morgan fingerprint density at radius 3 is 1.50 bits per heavy atom. The largest absolute Gasteiger partial charge is 0.240 e. The number of carbonyl (C=O) groups excluding carboxylic acids is 2. The molecule has 52 valence electrons. The van der Waals surface area contributed by atoms with Crippen molar-refractivity contribution in [1.29, 1.82) is 0 Å². The Morgan fingerprint density at radius 1 is 1.00 bits per heavy atom. The zero-order chi connectivity index (χ0) is 7.98. The molecule has 0 atom stereocenters. The summed E-state index contributed by atoms with van der Waals surface area (Å²) in [4.78, 5) is 25.8. The van der Waals surface area contributed by atoms with E-state index < -0.39 is 0 Å². The maximum atomic E-state index is 9.66. The number of nitrogens with zero attached hydrogens (tertiary/aromatic N) is 2. The molecule has 0 saturated heterocycles. The Bertz CT molecular complexity index is 216. The van der Waals surface area contributed by atoms with Gasteiger partial charge in [0.25, 0.3) is 0 Å². The predicted molar refractivity (Wildman–Crippen MR) is 34.6 cm³/mol. The van der Waals surface area contributed by atoms with Crippen molar-refractivity contribution in [3.8, 4) is 0 Å². The van der Waals surface area contributed by atoms with Crippen molar-refractivity contribution in [3.63, 3.8) is 0 Å². The minimum atomic E-state index is 0.373. The van der Waals surface area contributed by atoms with Crippen molar-refractivity contribution >= 4 is 12.2 Å². The summed E-state index contributed by atoms with van der Waals surface area (Å²) < 4.78 is 0. The fourth-order valence-corrected chi connectivity index (χ4v) is 0.299. The van der Waals surface area contributed by atoms with Gasteiger partial charge >= 0.3 is 0 Å². The Labute approximate surface area is 58.0 Å². The molecule has 0 unspecified atom stereocenters. The number of rotatable bonds is 2. The van der Waals surface area contributed by atoms with Gasteiger partial charge in [0.1, 0.15) is 0 Å². The third kappa shape index (κ3) is 2.72. The van der Waals surface area contributed by atoms with Crippen LogP contribution in [0.25, 0.3) is 0 Å². The lowest BCUT2D eigenvalue weighted by atomic mass is 10.4. The van der Waals surface area contributed by atoms with E-state index in [9.17, 15) is 9.59 Å². The molecule has 0 rings (SSSR count). The van der Waals surface area contributed by atoms with E-state index in [0.717, 1.165) is 0 Å². The molecule has 10 heavy (non-hydrogen) atoms. The standard InChI is InChI=1S/C6H6N2O2/c1-5(7-3-9)6(2)8-4-10/h1-2H3. The minimum absolute atomic E-state index is 0.373. The van der Waals surface area contributed by atoms with Gasteiger partial charge < -0.3 is 0 Å². The summed E-state index contributed by atoms with van der Waals surface area (Å²) in [7, 11) is 0. The van der Waals surface area contributed by atoms with Crippen LogP contribution in [0.1, 0.15) is 13.8 Å². The molecule has 4 nitrogen and oxygen atoms in total. The van der Waals surface area contributed by atoms with Crippen molar-refractivity contribution in [2.45, 2.75) is 13.8 Å². The first-order valence-corrected chi connectivity index (χ1v) is 2.55. The van der Waals surface area contributed by atoms with E-state index >= 15 is 0 Å². The first-order valence-electron chi connectivity index (χ1n) is 2.55. The van der Waals surface area contributed by atoms with Crippen molar-refractivity contribution < 1.29 is 9.59 Å². The summed E-state index contributed by atoms with van der Waals surface area (Å²) in [5, 5.41) is 0. The zero-order valence-electron chi connectivity index (χ0n) is 5.71. The van der Waals surface area contributed by atoms with Gasteiger partial charge in [-0.15, -0.1) is 0 Å². The third-order valence-electron chi connectivity index (χ3n) is 0.950. The van der Waals surface area contributed by atoms with E-state index in [0.29, 0.717) is 11.4 Å². The van der Waals surface area contributed by atoms with Crippen LogP contribution in [-0.2, 0) is 9.59 Å². The number of aliphatic imine (C=N–C) groups is 2. The molecule has 0 aromatic heterocycles. The van der Waals surface area contributed by atoms with Gasteiger partial charge in [-0.3, -0.25) is 0 Å². The highest BCUT2D eigenvalue weighted by molar-refractivity contribution is 5.40. The highest BCUT2D eigenvalue weighted by Gasteiger charge is 1.89. The van der Waals surface area contributed by atoms with Gasteiger partial charge in [-0.25, -0.2) is 9.59 Å². The molecule has 0 aromatic carbocycles. The highest BCUT2D eigenvalue weighted by atomic mass is 16.1. The molecule has 0 N–H and O–H groups in total. The first-order chi connectivity index (χ1) is 4.72. The lowest BCUT2D eigenvalue weighted by molar-refractivity contribution is 0.563. The molecule has 0 bridgehead atoms. The number of hydrogen-bond acceptors (Lipinski definition) is 4. The van der Waals surface area contributed by atoms with Gasteiger partial charge in [0.15, 0.2) is 0 Å². The van der Waals surface area contributed by atoms with E-state index in [-0.39, 0.29) is 0 Å². The van der Waals surface area contributed by atoms with Gasteiger partial charge in [0, 0.05) is 0 Å². The molecule has 0 amide bonds. The average molecular weight is 138 g/mol.